The SMILES string of the molecule is CSC1(CNC(=O)c2ccncc2NN)CCCC1. The van der Waals surface area contributed by atoms with E-state index in [1.54, 1.807) is 18.5 Å². The first-order valence-electron chi connectivity index (χ1n) is 6.45. The molecule has 1 heterocycles. The molecule has 1 fully saturated rings. The number of nitrogen functional groups attached to an aromatic ring is 1. The van der Waals surface area contributed by atoms with E-state index in [0.29, 0.717) is 17.8 Å². The third kappa shape index (κ3) is 3.19. The fourth-order valence-electron chi connectivity index (χ4n) is 2.52. The molecule has 2 rings (SSSR count). The van der Waals surface area contributed by atoms with Crippen molar-refractivity contribution in [2.75, 3.05) is 18.2 Å². The molecular weight excluding hydrogens is 260 g/mol. The molecule has 0 spiro atoms. The summed E-state index contributed by atoms with van der Waals surface area (Å²) >= 11 is 1.86. The van der Waals surface area contributed by atoms with E-state index in [9.17, 15) is 4.79 Å². The molecule has 1 saturated carbocycles. The first kappa shape index (κ1) is 14.1. The lowest BCUT2D eigenvalue weighted by Crippen LogP contribution is -2.38. The van der Waals surface area contributed by atoms with E-state index in [-0.39, 0.29) is 10.7 Å². The molecule has 6 heteroatoms. The Hall–Kier alpha value is -1.27. The van der Waals surface area contributed by atoms with Crippen molar-refractivity contribution in [2.45, 2.75) is 30.4 Å². The van der Waals surface area contributed by atoms with Crippen LogP contribution in [0.4, 0.5) is 5.69 Å². The summed E-state index contributed by atoms with van der Waals surface area (Å²) in [7, 11) is 0. The minimum absolute atomic E-state index is 0.101. The summed E-state index contributed by atoms with van der Waals surface area (Å²) in [6, 6.07) is 1.67. The number of aromatic nitrogens is 1. The maximum Gasteiger partial charge on any atom is 0.253 e. The number of rotatable bonds is 5. The van der Waals surface area contributed by atoms with E-state index in [1.165, 1.54) is 25.7 Å². The van der Waals surface area contributed by atoms with Gasteiger partial charge in [-0.3, -0.25) is 15.6 Å². The molecule has 0 radical (unpaired) electrons. The molecule has 0 aromatic carbocycles. The number of hydrazine groups is 1. The van der Waals surface area contributed by atoms with Gasteiger partial charge < -0.3 is 10.7 Å². The Morgan fingerprint density at radius 2 is 2.26 bits per heavy atom. The fourth-order valence-corrected chi connectivity index (χ4v) is 3.43. The number of anilines is 1. The predicted molar refractivity (Wildman–Crippen MR) is 79.1 cm³/mol. The molecule has 0 aliphatic heterocycles. The summed E-state index contributed by atoms with van der Waals surface area (Å²) in [5.41, 5.74) is 3.58. The molecule has 19 heavy (non-hydrogen) atoms. The van der Waals surface area contributed by atoms with Gasteiger partial charge >= 0.3 is 0 Å². The van der Waals surface area contributed by atoms with Crippen LogP contribution in [0.15, 0.2) is 18.5 Å². The minimum Gasteiger partial charge on any atom is -0.351 e. The standard InChI is InChI=1S/C13H20N4OS/c1-19-13(5-2-3-6-13)9-16-12(18)10-4-7-15-8-11(10)17-14/h4,7-8,17H,2-3,5-6,9,14H2,1H3,(H,16,18). The van der Waals surface area contributed by atoms with Crippen LogP contribution in [0.3, 0.4) is 0 Å². The topological polar surface area (TPSA) is 80.0 Å². The summed E-state index contributed by atoms with van der Waals surface area (Å²) in [5.74, 6) is 5.28. The third-order valence-electron chi connectivity index (χ3n) is 3.74. The number of hydrogen-bond donors (Lipinski definition) is 3. The monoisotopic (exact) mass is 280 g/mol. The minimum atomic E-state index is -0.101. The molecule has 0 bridgehead atoms. The van der Waals surface area contributed by atoms with E-state index in [1.807, 2.05) is 11.8 Å². The van der Waals surface area contributed by atoms with Crippen LogP contribution < -0.4 is 16.6 Å². The van der Waals surface area contributed by atoms with Crippen molar-refractivity contribution < 1.29 is 4.79 Å². The number of thioether (sulfide) groups is 1. The Labute approximate surface area is 117 Å². The Balaban J connectivity index is 2.01. The average molecular weight is 280 g/mol. The lowest BCUT2D eigenvalue weighted by molar-refractivity contribution is 0.0950. The van der Waals surface area contributed by atoms with Crippen LogP contribution in [0.2, 0.25) is 0 Å². The second-order valence-corrected chi connectivity index (χ2v) is 6.12. The highest BCUT2D eigenvalue weighted by Gasteiger charge is 2.33. The Bertz CT molecular complexity index is 446. The van der Waals surface area contributed by atoms with Gasteiger partial charge in [-0.25, -0.2) is 0 Å². The number of nitrogens with zero attached hydrogens (tertiary/aromatic N) is 1. The zero-order valence-corrected chi connectivity index (χ0v) is 11.9. The second-order valence-electron chi connectivity index (χ2n) is 4.84. The van der Waals surface area contributed by atoms with Crippen molar-refractivity contribution in [2.24, 2.45) is 5.84 Å². The largest absolute Gasteiger partial charge is 0.351 e. The quantitative estimate of drug-likeness (QED) is 0.566. The van der Waals surface area contributed by atoms with Crippen molar-refractivity contribution in [1.29, 1.82) is 0 Å². The van der Waals surface area contributed by atoms with Gasteiger partial charge in [-0.1, -0.05) is 12.8 Å². The summed E-state index contributed by atoms with van der Waals surface area (Å²) in [6.45, 7) is 0.708. The molecule has 1 amide bonds. The highest BCUT2D eigenvalue weighted by Crippen LogP contribution is 2.39. The van der Waals surface area contributed by atoms with E-state index in [4.69, 9.17) is 5.84 Å². The highest BCUT2D eigenvalue weighted by molar-refractivity contribution is 8.00. The van der Waals surface area contributed by atoms with Crippen LogP contribution in [-0.2, 0) is 0 Å². The highest BCUT2D eigenvalue weighted by atomic mass is 32.2. The van der Waals surface area contributed by atoms with E-state index in [0.717, 1.165) is 0 Å². The number of amides is 1. The van der Waals surface area contributed by atoms with E-state index < -0.39 is 0 Å². The zero-order valence-electron chi connectivity index (χ0n) is 11.1. The van der Waals surface area contributed by atoms with Gasteiger partial charge in [-0.05, 0) is 25.2 Å². The average Bonchev–Trinajstić information content (AvgIpc) is 2.94. The summed E-state index contributed by atoms with van der Waals surface area (Å²) < 4.78 is 0.207. The van der Waals surface area contributed by atoms with Gasteiger partial charge in [0.25, 0.3) is 5.91 Å². The molecule has 1 aliphatic carbocycles. The van der Waals surface area contributed by atoms with Gasteiger partial charge in [0.05, 0.1) is 17.4 Å². The molecule has 0 unspecified atom stereocenters. The number of carbonyl (C=O) groups is 1. The number of nitrogens with one attached hydrogen (secondary N) is 2. The third-order valence-corrected chi connectivity index (χ3v) is 5.16. The van der Waals surface area contributed by atoms with Crippen LogP contribution in [-0.4, -0.2) is 28.4 Å². The number of pyridine rings is 1. The van der Waals surface area contributed by atoms with Crippen LogP contribution in [0, 0.1) is 0 Å². The van der Waals surface area contributed by atoms with Gasteiger partial charge in [0, 0.05) is 17.5 Å². The van der Waals surface area contributed by atoms with E-state index >= 15 is 0 Å². The van der Waals surface area contributed by atoms with Gasteiger partial charge in [-0.15, -0.1) is 0 Å². The van der Waals surface area contributed by atoms with Crippen LogP contribution >= 0.6 is 11.8 Å². The maximum absolute atomic E-state index is 12.2. The molecule has 5 nitrogen and oxygen atoms in total. The lowest BCUT2D eigenvalue weighted by Gasteiger charge is -2.27. The molecule has 0 atom stereocenters. The smallest absolute Gasteiger partial charge is 0.253 e. The number of nitrogens with two attached hydrogens (primary N) is 1. The molecule has 1 aromatic heterocycles. The van der Waals surface area contributed by atoms with Crippen molar-refractivity contribution in [3.8, 4) is 0 Å². The molecule has 104 valence electrons. The van der Waals surface area contributed by atoms with Gasteiger partial charge in [-0.2, -0.15) is 11.8 Å². The normalized spacial score (nSPS) is 17.2. The van der Waals surface area contributed by atoms with Crippen molar-refractivity contribution in [3.05, 3.63) is 24.0 Å². The molecule has 0 saturated heterocycles. The Morgan fingerprint density at radius 3 is 2.89 bits per heavy atom. The van der Waals surface area contributed by atoms with Crippen molar-refractivity contribution in [1.82, 2.24) is 10.3 Å². The number of carbonyl (C=O) groups excluding carboxylic acids is 1. The zero-order chi connectivity index (χ0) is 13.7. The van der Waals surface area contributed by atoms with Crippen molar-refractivity contribution >= 4 is 23.4 Å². The van der Waals surface area contributed by atoms with E-state index in [2.05, 4.69) is 22.0 Å². The Morgan fingerprint density at radius 1 is 1.53 bits per heavy atom. The summed E-state index contributed by atoms with van der Waals surface area (Å²) in [6.07, 6.45) is 10.1. The Kier molecular flexibility index (Phi) is 4.66. The molecular formula is C13H20N4OS. The van der Waals surface area contributed by atoms with Crippen LogP contribution in [0.1, 0.15) is 36.0 Å². The maximum atomic E-state index is 12.2. The molecule has 1 aliphatic rings. The van der Waals surface area contributed by atoms with Crippen LogP contribution in [0.25, 0.3) is 0 Å². The summed E-state index contributed by atoms with van der Waals surface area (Å²) in [5, 5.41) is 3.02. The predicted octanol–water partition coefficient (Wildman–Crippen LogP) is 1.77. The van der Waals surface area contributed by atoms with Gasteiger partial charge in [0.1, 0.15) is 0 Å². The lowest BCUT2D eigenvalue weighted by atomic mass is 10.1. The first-order valence-corrected chi connectivity index (χ1v) is 7.67. The molecule has 1 aromatic rings. The first-order chi connectivity index (χ1) is 9.21. The number of hydrogen-bond acceptors (Lipinski definition) is 5. The second kappa shape index (κ2) is 6.25. The van der Waals surface area contributed by atoms with Crippen LogP contribution in [0.5, 0.6) is 0 Å². The van der Waals surface area contributed by atoms with Gasteiger partial charge in [0.15, 0.2) is 0 Å². The van der Waals surface area contributed by atoms with Crippen molar-refractivity contribution in [3.63, 3.8) is 0 Å². The summed E-state index contributed by atoms with van der Waals surface area (Å²) in [4.78, 5) is 16.1. The van der Waals surface area contributed by atoms with Gasteiger partial charge in [0.2, 0.25) is 0 Å². The fraction of sp³-hybridized carbons (Fsp3) is 0.538. The molecule has 4 N–H and O–H groups in total.